The molecule has 0 bridgehead atoms. The van der Waals surface area contributed by atoms with Crippen molar-refractivity contribution in [1.82, 2.24) is 5.32 Å². The van der Waals surface area contributed by atoms with Crippen molar-refractivity contribution in [2.24, 2.45) is 0 Å². The molecule has 0 amide bonds. The van der Waals surface area contributed by atoms with E-state index in [9.17, 15) is 0 Å². The van der Waals surface area contributed by atoms with E-state index in [-0.39, 0.29) is 0 Å². The zero-order valence-corrected chi connectivity index (χ0v) is 13.2. The molecule has 0 aromatic carbocycles. The Morgan fingerprint density at radius 3 is 2.65 bits per heavy atom. The number of hydrogen-bond acceptors (Lipinski definition) is 3. The van der Waals surface area contributed by atoms with Gasteiger partial charge in [-0.15, -0.1) is 6.58 Å². The first-order valence-electron chi connectivity index (χ1n) is 6.88. The Hall–Kier alpha value is 0.400. The number of nitrogens with one attached hydrogen (secondary N) is 1. The van der Waals surface area contributed by atoms with Crippen molar-refractivity contribution >= 4 is 21.6 Å². The van der Waals surface area contributed by atoms with E-state index in [0.717, 1.165) is 11.8 Å². The lowest BCUT2D eigenvalue weighted by Crippen LogP contribution is -2.06. The summed E-state index contributed by atoms with van der Waals surface area (Å²) in [6.07, 6.45) is 11.4. The first kappa shape index (κ1) is 17.4. The normalized spacial score (nSPS) is 18.6. The molecule has 1 atom stereocenters. The van der Waals surface area contributed by atoms with Crippen LogP contribution in [0, 0.1) is 0 Å². The van der Waals surface area contributed by atoms with Crippen LogP contribution in [-0.4, -0.2) is 24.6 Å². The van der Waals surface area contributed by atoms with Gasteiger partial charge in [-0.3, -0.25) is 0 Å². The van der Waals surface area contributed by atoms with Crippen LogP contribution in [0.1, 0.15) is 51.9 Å². The molecule has 3 heteroatoms. The Morgan fingerprint density at radius 2 is 2.18 bits per heavy atom. The standard InChI is InChI=1S/C9H16S2.C5H13N/c1-2-3-4-5-6-9-7-8-10-11-9;1-3-4-5-6-2/h2,9H,1,3-8H2;6H,3-5H2,1-2H3. The number of hydrogen-bond donors (Lipinski definition) is 1. The van der Waals surface area contributed by atoms with Crippen molar-refractivity contribution < 1.29 is 0 Å². The van der Waals surface area contributed by atoms with Crippen LogP contribution in [0.3, 0.4) is 0 Å². The van der Waals surface area contributed by atoms with Crippen molar-refractivity contribution in [3.63, 3.8) is 0 Å². The predicted octanol–water partition coefficient (Wildman–Crippen LogP) is 4.89. The van der Waals surface area contributed by atoms with Crippen LogP contribution >= 0.6 is 21.6 Å². The minimum atomic E-state index is 0.963. The number of rotatable bonds is 8. The second kappa shape index (κ2) is 14.5. The first-order chi connectivity index (χ1) is 8.35. The molecule has 0 saturated carbocycles. The summed E-state index contributed by atoms with van der Waals surface area (Å²) in [7, 11) is 6.12. The lowest BCUT2D eigenvalue weighted by atomic mass is 10.1. The molecule has 0 aromatic heterocycles. The van der Waals surface area contributed by atoms with E-state index < -0.39 is 0 Å². The van der Waals surface area contributed by atoms with Gasteiger partial charge in [0.25, 0.3) is 0 Å². The molecule has 0 spiro atoms. The van der Waals surface area contributed by atoms with Crippen LogP contribution in [0.4, 0.5) is 0 Å². The topological polar surface area (TPSA) is 12.0 Å². The Balaban J connectivity index is 0.000000366. The molecule has 0 aliphatic carbocycles. The first-order valence-corrected chi connectivity index (χ1v) is 9.27. The highest BCUT2D eigenvalue weighted by Crippen LogP contribution is 2.39. The largest absolute Gasteiger partial charge is 0.320 e. The summed E-state index contributed by atoms with van der Waals surface area (Å²) >= 11 is 0. The smallest absolute Gasteiger partial charge is 0.0159 e. The molecular weight excluding hydrogens is 246 g/mol. The molecule has 1 fully saturated rings. The van der Waals surface area contributed by atoms with Crippen molar-refractivity contribution in [2.75, 3.05) is 19.3 Å². The molecule has 1 aliphatic heterocycles. The molecule has 17 heavy (non-hydrogen) atoms. The number of unbranched alkanes of at least 4 members (excludes halogenated alkanes) is 3. The zero-order valence-electron chi connectivity index (χ0n) is 11.5. The van der Waals surface area contributed by atoms with E-state index in [0.29, 0.717) is 0 Å². The monoisotopic (exact) mass is 275 g/mol. The Kier molecular flexibility index (Phi) is 14.8. The van der Waals surface area contributed by atoms with Gasteiger partial charge in [-0.05, 0) is 45.7 Å². The maximum absolute atomic E-state index is 3.72. The molecule has 102 valence electrons. The highest BCUT2D eigenvalue weighted by molar-refractivity contribution is 8.77. The SMILES string of the molecule is C=CCCCCC1CCSS1.CCCCNC. The predicted molar refractivity (Wildman–Crippen MR) is 86.0 cm³/mol. The zero-order chi connectivity index (χ0) is 12.8. The summed E-state index contributed by atoms with van der Waals surface area (Å²) < 4.78 is 0. The Labute approximate surface area is 116 Å². The quantitative estimate of drug-likeness (QED) is 0.385. The lowest BCUT2D eigenvalue weighted by molar-refractivity contribution is 0.657. The minimum Gasteiger partial charge on any atom is -0.320 e. The third-order valence-corrected chi connectivity index (χ3v) is 5.70. The molecule has 1 saturated heterocycles. The van der Waals surface area contributed by atoms with E-state index in [1.54, 1.807) is 0 Å². The van der Waals surface area contributed by atoms with E-state index in [1.807, 2.05) is 23.9 Å². The van der Waals surface area contributed by atoms with Crippen LogP contribution < -0.4 is 5.32 Å². The molecule has 1 aliphatic rings. The molecule has 1 N–H and O–H groups in total. The highest BCUT2D eigenvalue weighted by atomic mass is 33.1. The molecule has 1 heterocycles. The van der Waals surface area contributed by atoms with Crippen molar-refractivity contribution in [2.45, 2.75) is 57.1 Å². The van der Waals surface area contributed by atoms with Crippen molar-refractivity contribution in [3.8, 4) is 0 Å². The van der Waals surface area contributed by atoms with Crippen molar-refractivity contribution in [3.05, 3.63) is 12.7 Å². The second-order valence-corrected chi connectivity index (χ2v) is 7.15. The van der Waals surface area contributed by atoms with Gasteiger partial charge in [0.15, 0.2) is 0 Å². The van der Waals surface area contributed by atoms with Gasteiger partial charge < -0.3 is 5.32 Å². The van der Waals surface area contributed by atoms with Crippen LogP contribution in [0.25, 0.3) is 0 Å². The maximum Gasteiger partial charge on any atom is 0.0159 e. The molecule has 1 unspecified atom stereocenters. The summed E-state index contributed by atoms with van der Waals surface area (Å²) in [6.45, 7) is 7.08. The summed E-state index contributed by atoms with van der Waals surface area (Å²) in [5.41, 5.74) is 0. The molecule has 0 aromatic rings. The van der Waals surface area contributed by atoms with Crippen LogP contribution in [-0.2, 0) is 0 Å². The second-order valence-electron chi connectivity index (χ2n) is 4.36. The third kappa shape index (κ3) is 12.6. The van der Waals surface area contributed by atoms with Gasteiger partial charge in [0, 0.05) is 11.0 Å². The summed E-state index contributed by atoms with van der Waals surface area (Å²) in [4.78, 5) is 0. The maximum atomic E-state index is 3.72. The molecule has 1 rings (SSSR count). The Bertz CT molecular complexity index is 152. The lowest BCUT2D eigenvalue weighted by Gasteiger charge is -2.04. The fourth-order valence-corrected chi connectivity index (χ4v) is 4.61. The van der Waals surface area contributed by atoms with Gasteiger partial charge in [-0.25, -0.2) is 0 Å². The number of allylic oxidation sites excluding steroid dienone is 1. The molecular formula is C14H29NS2. The highest BCUT2D eigenvalue weighted by Gasteiger charge is 2.15. The van der Waals surface area contributed by atoms with Crippen molar-refractivity contribution in [1.29, 1.82) is 0 Å². The average molecular weight is 276 g/mol. The summed E-state index contributed by atoms with van der Waals surface area (Å²) in [6, 6.07) is 0. The summed E-state index contributed by atoms with van der Waals surface area (Å²) in [5.74, 6) is 1.37. The minimum absolute atomic E-state index is 0.963. The average Bonchev–Trinajstić information content (AvgIpc) is 2.86. The van der Waals surface area contributed by atoms with E-state index >= 15 is 0 Å². The third-order valence-electron chi connectivity index (χ3n) is 2.69. The van der Waals surface area contributed by atoms with E-state index in [2.05, 4.69) is 29.6 Å². The van der Waals surface area contributed by atoms with Gasteiger partial charge in [-0.2, -0.15) is 0 Å². The van der Waals surface area contributed by atoms with Gasteiger partial charge in [0.05, 0.1) is 0 Å². The Morgan fingerprint density at radius 1 is 1.35 bits per heavy atom. The van der Waals surface area contributed by atoms with E-state index in [1.165, 1.54) is 50.7 Å². The van der Waals surface area contributed by atoms with Gasteiger partial charge in [0.1, 0.15) is 0 Å². The van der Waals surface area contributed by atoms with Crippen LogP contribution in [0.15, 0.2) is 12.7 Å². The fraction of sp³-hybridized carbons (Fsp3) is 0.857. The van der Waals surface area contributed by atoms with Crippen LogP contribution in [0.5, 0.6) is 0 Å². The summed E-state index contributed by atoms with van der Waals surface area (Å²) in [5, 5.41) is 4.03. The van der Waals surface area contributed by atoms with Crippen LogP contribution in [0.2, 0.25) is 0 Å². The van der Waals surface area contributed by atoms with Gasteiger partial charge >= 0.3 is 0 Å². The van der Waals surface area contributed by atoms with Gasteiger partial charge in [-0.1, -0.05) is 47.4 Å². The van der Waals surface area contributed by atoms with E-state index in [4.69, 9.17) is 0 Å². The molecule has 1 nitrogen and oxygen atoms in total. The molecule has 0 radical (unpaired) electrons. The van der Waals surface area contributed by atoms with Gasteiger partial charge in [0.2, 0.25) is 0 Å². The fourth-order valence-electron chi connectivity index (χ4n) is 1.58.